The Hall–Kier alpha value is -2.97. The minimum absolute atomic E-state index is 0.0475. The van der Waals surface area contributed by atoms with Gasteiger partial charge in [-0.25, -0.2) is 4.98 Å². The van der Waals surface area contributed by atoms with Crippen LogP contribution in [0.5, 0.6) is 0 Å². The summed E-state index contributed by atoms with van der Waals surface area (Å²) in [5, 5.41) is 2.01. The van der Waals surface area contributed by atoms with Crippen LogP contribution in [0.15, 0.2) is 42.7 Å². The molecule has 160 valence electrons. The van der Waals surface area contributed by atoms with Crippen LogP contribution in [-0.2, 0) is 6.18 Å². The lowest BCUT2D eigenvalue weighted by Gasteiger charge is -2.14. The Kier molecular flexibility index (Phi) is 6.33. The fourth-order valence-corrected chi connectivity index (χ4v) is 3.33. The molecule has 0 fully saturated rings. The zero-order valence-corrected chi connectivity index (χ0v) is 17.7. The number of aromatic nitrogens is 2. The molecule has 1 N–H and O–H groups in total. The van der Waals surface area contributed by atoms with E-state index in [1.54, 1.807) is 26.1 Å². The van der Waals surface area contributed by atoms with Crippen LogP contribution < -0.4 is 5.32 Å². The maximum Gasteiger partial charge on any atom is 0.417 e. The molecule has 2 heterocycles. The van der Waals surface area contributed by atoms with Crippen molar-refractivity contribution < 1.29 is 22.8 Å². The van der Waals surface area contributed by atoms with Gasteiger partial charge in [0.05, 0.1) is 21.3 Å². The largest absolute Gasteiger partial charge is 0.417 e. The molecular weight excluding hydrogens is 454 g/mol. The van der Waals surface area contributed by atoms with Gasteiger partial charge in [-0.15, -0.1) is 0 Å². The van der Waals surface area contributed by atoms with Crippen molar-refractivity contribution in [2.75, 3.05) is 5.32 Å². The standard InChI is InChI=1S/C21H14Cl2F3N3O2/c1-10-5-6-27-11(2)17(10)19(30)18-16(8-13(22)9-28-18)29-20(31)12-3-4-15(23)14(7-12)21(24,25)26/h3-9H,1-2H3,(H,29,31). The number of ketones is 1. The van der Waals surface area contributed by atoms with Gasteiger partial charge in [-0.2, -0.15) is 13.2 Å². The summed E-state index contributed by atoms with van der Waals surface area (Å²) in [5.74, 6) is -1.40. The molecule has 1 amide bonds. The number of alkyl halides is 3. The second kappa shape index (κ2) is 8.64. The number of carbonyl (C=O) groups excluding carboxylic acids is 2. The number of amides is 1. The predicted octanol–water partition coefficient (Wildman–Crippen LogP) is 5.90. The highest BCUT2D eigenvalue weighted by Crippen LogP contribution is 2.35. The number of nitrogens with zero attached hydrogens (tertiary/aromatic N) is 2. The molecule has 2 aromatic heterocycles. The van der Waals surface area contributed by atoms with Crippen LogP contribution in [0.3, 0.4) is 0 Å². The number of hydrogen-bond acceptors (Lipinski definition) is 4. The summed E-state index contributed by atoms with van der Waals surface area (Å²) >= 11 is 11.6. The van der Waals surface area contributed by atoms with E-state index in [0.29, 0.717) is 22.9 Å². The van der Waals surface area contributed by atoms with Crippen molar-refractivity contribution in [2.45, 2.75) is 20.0 Å². The van der Waals surface area contributed by atoms with Crippen molar-refractivity contribution in [1.29, 1.82) is 0 Å². The monoisotopic (exact) mass is 467 g/mol. The van der Waals surface area contributed by atoms with Gasteiger partial charge in [0, 0.05) is 29.2 Å². The number of nitrogens with one attached hydrogen (secondary N) is 1. The maximum atomic E-state index is 13.1. The molecule has 3 rings (SSSR count). The smallest absolute Gasteiger partial charge is 0.320 e. The van der Waals surface area contributed by atoms with Crippen molar-refractivity contribution in [3.05, 3.63) is 86.4 Å². The number of pyridine rings is 2. The molecule has 0 bridgehead atoms. The molecule has 0 unspecified atom stereocenters. The minimum atomic E-state index is -4.73. The Labute approximate surface area is 185 Å². The molecule has 0 aliphatic rings. The Morgan fingerprint density at radius 3 is 2.39 bits per heavy atom. The van der Waals surface area contributed by atoms with Crippen LogP contribution in [0.1, 0.15) is 43.2 Å². The van der Waals surface area contributed by atoms with Crippen LogP contribution in [0.25, 0.3) is 0 Å². The molecule has 0 atom stereocenters. The van der Waals surface area contributed by atoms with Gasteiger partial charge in [0.2, 0.25) is 5.78 Å². The van der Waals surface area contributed by atoms with E-state index in [1.807, 2.05) is 0 Å². The van der Waals surface area contributed by atoms with E-state index in [-0.39, 0.29) is 22.0 Å². The third-order valence-electron chi connectivity index (χ3n) is 4.43. The van der Waals surface area contributed by atoms with Gasteiger partial charge in [-0.1, -0.05) is 23.2 Å². The summed E-state index contributed by atoms with van der Waals surface area (Å²) in [5.41, 5.74) is -0.201. The van der Waals surface area contributed by atoms with E-state index in [1.165, 1.54) is 12.3 Å². The quantitative estimate of drug-likeness (QED) is 0.484. The van der Waals surface area contributed by atoms with Gasteiger partial charge in [-0.3, -0.25) is 14.6 Å². The van der Waals surface area contributed by atoms with Gasteiger partial charge in [0.25, 0.3) is 5.91 Å². The van der Waals surface area contributed by atoms with Gasteiger partial charge < -0.3 is 5.32 Å². The summed E-state index contributed by atoms with van der Waals surface area (Å²) in [6.07, 6.45) is -1.95. The lowest BCUT2D eigenvalue weighted by Crippen LogP contribution is -2.18. The first kappa shape index (κ1) is 22.7. The highest BCUT2D eigenvalue weighted by Gasteiger charge is 2.34. The number of anilines is 1. The molecule has 0 radical (unpaired) electrons. The van der Waals surface area contributed by atoms with Crippen molar-refractivity contribution in [2.24, 2.45) is 0 Å². The van der Waals surface area contributed by atoms with E-state index in [9.17, 15) is 22.8 Å². The van der Waals surface area contributed by atoms with Crippen LogP contribution >= 0.6 is 23.2 Å². The van der Waals surface area contributed by atoms with Crippen LogP contribution in [-0.4, -0.2) is 21.7 Å². The summed E-state index contributed by atoms with van der Waals surface area (Å²) in [6, 6.07) is 5.69. The lowest BCUT2D eigenvalue weighted by atomic mass is 10.0. The molecule has 0 aliphatic heterocycles. The first-order valence-electron chi connectivity index (χ1n) is 8.79. The summed E-state index contributed by atoms with van der Waals surface area (Å²) < 4.78 is 39.3. The molecule has 31 heavy (non-hydrogen) atoms. The Balaban J connectivity index is 2.01. The van der Waals surface area contributed by atoms with Crippen LogP contribution in [0.2, 0.25) is 10.0 Å². The molecule has 0 spiro atoms. The third-order valence-corrected chi connectivity index (χ3v) is 4.96. The molecule has 3 aromatic rings. The molecule has 0 aliphatic carbocycles. The molecule has 0 saturated carbocycles. The first-order valence-corrected chi connectivity index (χ1v) is 9.55. The van der Waals surface area contributed by atoms with Gasteiger partial charge in [-0.05, 0) is 49.7 Å². The third kappa shape index (κ3) is 4.86. The van der Waals surface area contributed by atoms with E-state index >= 15 is 0 Å². The number of halogens is 5. The number of aryl methyl sites for hydroxylation is 2. The first-order chi connectivity index (χ1) is 14.5. The van der Waals surface area contributed by atoms with Crippen molar-refractivity contribution in [3.8, 4) is 0 Å². The highest BCUT2D eigenvalue weighted by atomic mass is 35.5. The Bertz CT molecular complexity index is 1180. The molecular formula is C21H14Cl2F3N3O2. The van der Waals surface area contributed by atoms with Crippen molar-refractivity contribution in [1.82, 2.24) is 9.97 Å². The van der Waals surface area contributed by atoms with E-state index < -0.39 is 28.5 Å². The van der Waals surface area contributed by atoms with E-state index in [2.05, 4.69) is 15.3 Å². The second-order valence-corrected chi connectivity index (χ2v) is 7.46. The predicted molar refractivity (Wildman–Crippen MR) is 111 cm³/mol. The maximum absolute atomic E-state index is 13.1. The summed E-state index contributed by atoms with van der Waals surface area (Å²) in [4.78, 5) is 33.9. The topological polar surface area (TPSA) is 72.0 Å². The fourth-order valence-electron chi connectivity index (χ4n) is 2.95. The van der Waals surface area contributed by atoms with Crippen molar-refractivity contribution in [3.63, 3.8) is 0 Å². The van der Waals surface area contributed by atoms with Gasteiger partial charge in [0.15, 0.2) is 0 Å². The summed E-state index contributed by atoms with van der Waals surface area (Å²) in [6.45, 7) is 3.38. The normalized spacial score (nSPS) is 11.3. The highest BCUT2D eigenvalue weighted by molar-refractivity contribution is 6.32. The summed E-state index contributed by atoms with van der Waals surface area (Å²) in [7, 11) is 0. The zero-order valence-electron chi connectivity index (χ0n) is 16.1. The van der Waals surface area contributed by atoms with E-state index in [0.717, 1.165) is 12.1 Å². The number of rotatable bonds is 4. The molecule has 1 aromatic carbocycles. The number of benzene rings is 1. The van der Waals surface area contributed by atoms with Crippen molar-refractivity contribution >= 4 is 40.6 Å². The van der Waals surface area contributed by atoms with Gasteiger partial charge >= 0.3 is 6.18 Å². The van der Waals surface area contributed by atoms with Gasteiger partial charge in [0.1, 0.15) is 5.69 Å². The Morgan fingerprint density at radius 1 is 1.03 bits per heavy atom. The SMILES string of the molecule is Cc1ccnc(C)c1C(=O)c1ncc(Cl)cc1NC(=O)c1ccc(Cl)c(C(F)(F)F)c1. The Morgan fingerprint density at radius 2 is 1.74 bits per heavy atom. The second-order valence-electron chi connectivity index (χ2n) is 6.61. The van der Waals surface area contributed by atoms with E-state index in [4.69, 9.17) is 23.2 Å². The lowest BCUT2D eigenvalue weighted by molar-refractivity contribution is -0.137. The van der Waals surface area contributed by atoms with Crippen LogP contribution in [0, 0.1) is 13.8 Å². The number of carbonyl (C=O) groups is 2. The molecule has 10 heteroatoms. The minimum Gasteiger partial charge on any atom is -0.320 e. The fraction of sp³-hybridized carbons (Fsp3) is 0.143. The van der Waals surface area contributed by atoms with Crippen LogP contribution in [0.4, 0.5) is 18.9 Å². The molecule has 5 nitrogen and oxygen atoms in total. The molecule has 0 saturated heterocycles. The zero-order chi connectivity index (χ0) is 22.9. The average molecular weight is 468 g/mol. The number of hydrogen-bond donors (Lipinski definition) is 1. The average Bonchev–Trinajstić information content (AvgIpc) is 2.67.